The summed E-state index contributed by atoms with van der Waals surface area (Å²) < 4.78 is 40.6. The molecule has 0 N–H and O–H groups in total. The van der Waals surface area contributed by atoms with Gasteiger partial charge in [-0.05, 0) is 24.3 Å². The molecule has 0 aliphatic heterocycles. The zero-order valence-electron chi connectivity index (χ0n) is 9.34. The van der Waals surface area contributed by atoms with E-state index in [9.17, 15) is 18.0 Å². The van der Waals surface area contributed by atoms with Gasteiger partial charge in [-0.3, -0.25) is 0 Å². The van der Waals surface area contributed by atoms with Crippen LogP contribution in [0.25, 0.3) is 0 Å². The average molecular weight is 313 g/mol. The first-order valence-electron chi connectivity index (χ1n) is 4.68. The predicted molar refractivity (Wildman–Crippen MR) is 62.3 cm³/mol. The molecule has 0 heterocycles. The highest BCUT2D eigenvalue weighted by atomic mass is 79.9. The SMILES string of the molecule is CCBr.COC(=O)c1ccc(C(F)(F)F)cc1. The lowest BCUT2D eigenvalue weighted by Crippen LogP contribution is -2.06. The minimum Gasteiger partial charge on any atom is -0.465 e. The molecule has 0 spiro atoms. The molecule has 0 radical (unpaired) electrons. The van der Waals surface area contributed by atoms with Crippen LogP contribution in [0.2, 0.25) is 0 Å². The Morgan fingerprint density at radius 1 is 1.29 bits per heavy atom. The van der Waals surface area contributed by atoms with Gasteiger partial charge >= 0.3 is 12.1 Å². The molecule has 1 rings (SSSR count). The third-order valence-electron chi connectivity index (χ3n) is 1.63. The predicted octanol–water partition coefficient (Wildman–Crippen LogP) is 3.89. The van der Waals surface area contributed by atoms with Crippen molar-refractivity contribution in [3.63, 3.8) is 0 Å². The molecule has 2 nitrogen and oxygen atoms in total. The first-order chi connectivity index (χ1) is 7.86. The summed E-state index contributed by atoms with van der Waals surface area (Å²) in [5.41, 5.74) is -0.689. The molecule has 0 unspecified atom stereocenters. The zero-order chi connectivity index (χ0) is 13.5. The zero-order valence-corrected chi connectivity index (χ0v) is 10.9. The second-order valence-corrected chi connectivity index (χ2v) is 3.96. The first kappa shape index (κ1) is 16.0. The van der Waals surface area contributed by atoms with Crippen LogP contribution in [0.1, 0.15) is 22.8 Å². The number of hydrogen-bond donors (Lipinski definition) is 0. The topological polar surface area (TPSA) is 26.3 Å². The van der Waals surface area contributed by atoms with Crippen LogP contribution in [0.4, 0.5) is 13.2 Å². The van der Waals surface area contributed by atoms with Crippen LogP contribution in [0.3, 0.4) is 0 Å². The van der Waals surface area contributed by atoms with Crippen LogP contribution in [-0.4, -0.2) is 18.4 Å². The Morgan fingerprint density at radius 2 is 1.71 bits per heavy atom. The smallest absolute Gasteiger partial charge is 0.416 e. The molecule has 1 aromatic carbocycles. The molecule has 0 atom stereocenters. The summed E-state index contributed by atoms with van der Waals surface area (Å²) in [4.78, 5) is 10.9. The van der Waals surface area contributed by atoms with Crippen molar-refractivity contribution in [1.82, 2.24) is 0 Å². The van der Waals surface area contributed by atoms with Crippen molar-refractivity contribution in [2.45, 2.75) is 13.1 Å². The minimum atomic E-state index is -4.38. The van der Waals surface area contributed by atoms with E-state index in [0.717, 1.165) is 29.6 Å². The average Bonchev–Trinajstić information content (AvgIpc) is 2.28. The molecule has 0 amide bonds. The van der Waals surface area contributed by atoms with E-state index in [4.69, 9.17) is 0 Å². The number of alkyl halides is 4. The van der Waals surface area contributed by atoms with Gasteiger partial charge in [0.05, 0.1) is 18.2 Å². The summed E-state index contributed by atoms with van der Waals surface area (Å²) in [7, 11) is 1.17. The lowest BCUT2D eigenvalue weighted by Gasteiger charge is -2.06. The Balaban J connectivity index is 0.000000770. The monoisotopic (exact) mass is 312 g/mol. The van der Waals surface area contributed by atoms with E-state index in [1.54, 1.807) is 0 Å². The molecular weight excluding hydrogens is 301 g/mol. The summed E-state index contributed by atoms with van der Waals surface area (Å²) in [6.45, 7) is 2.04. The Kier molecular flexibility index (Phi) is 6.87. The molecule has 1 aromatic rings. The van der Waals surface area contributed by atoms with E-state index in [0.29, 0.717) is 0 Å². The van der Waals surface area contributed by atoms with Crippen molar-refractivity contribution in [2.24, 2.45) is 0 Å². The van der Waals surface area contributed by atoms with Gasteiger partial charge in [0, 0.05) is 5.33 Å². The fourth-order valence-corrected chi connectivity index (χ4v) is 0.913. The number of carbonyl (C=O) groups excluding carboxylic acids is 1. The first-order valence-corrected chi connectivity index (χ1v) is 5.80. The van der Waals surface area contributed by atoms with Crippen LogP contribution in [-0.2, 0) is 10.9 Å². The lowest BCUT2D eigenvalue weighted by molar-refractivity contribution is -0.137. The van der Waals surface area contributed by atoms with Crippen LogP contribution in [0.5, 0.6) is 0 Å². The molecule has 6 heteroatoms. The molecule has 0 bridgehead atoms. The molecule has 0 aliphatic carbocycles. The molecule has 17 heavy (non-hydrogen) atoms. The Hall–Kier alpha value is -1.04. The molecule has 0 fully saturated rings. The molecular formula is C11H12BrF3O2. The van der Waals surface area contributed by atoms with Crippen LogP contribution >= 0.6 is 15.9 Å². The summed E-state index contributed by atoms with van der Waals surface area (Å²) in [5.74, 6) is -0.654. The number of benzene rings is 1. The number of ether oxygens (including phenoxy) is 1. The van der Waals surface area contributed by atoms with Crippen molar-refractivity contribution in [3.8, 4) is 0 Å². The standard InChI is InChI=1S/C9H7F3O2.C2H5Br/c1-14-8(13)6-2-4-7(5-3-6)9(10,11)12;1-2-3/h2-5H,1H3;2H2,1H3. The maximum atomic E-state index is 12.1. The van der Waals surface area contributed by atoms with Crippen LogP contribution in [0.15, 0.2) is 24.3 Å². The van der Waals surface area contributed by atoms with Gasteiger partial charge < -0.3 is 4.74 Å². The fraction of sp³-hybridized carbons (Fsp3) is 0.364. The van der Waals surface area contributed by atoms with E-state index < -0.39 is 17.7 Å². The molecule has 0 aliphatic rings. The largest absolute Gasteiger partial charge is 0.465 e. The van der Waals surface area contributed by atoms with E-state index >= 15 is 0 Å². The highest BCUT2D eigenvalue weighted by molar-refractivity contribution is 9.09. The number of halogens is 4. The van der Waals surface area contributed by atoms with Gasteiger partial charge in [0.1, 0.15) is 0 Å². The van der Waals surface area contributed by atoms with Crippen LogP contribution < -0.4 is 0 Å². The van der Waals surface area contributed by atoms with E-state index in [1.807, 2.05) is 6.92 Å². The Bertz CT molecular complexity index is 347. The highest BCUT2D eigenvalue weighted by Crippen LogP contribution is 2.29. The van der Waals surface area contributed by atoms with Gasteiger partial charge in [0.2, 0.25) is 0 Å². The van der Waals surface area contributed by atoms with Gasteiger partial charge in [-0.15, -0.1) is 0 Å². The fourth-order valence-electron chi connectivity index (χ4n) is 0.913. The van der Waals surface area contributed by atoms with Gasteiger partial charge in [-0.2, -0.15) is 13.2 Å². The molecule has 0 aromatic heterocycles. The van der Waals surface area contributed by atoms with Crippen LogP contribution in [0, 0.1) is 0 Å². The number of esters is 1. The van der Waals surface area contributed by atoms with Crippen molar-refractivity contribution in [1.29, 1.82) is 0 Å². The van der Waals surface area contributed by atoms with Crippen molar-refractivity contribution in [2.75, 3.05) is 12.4 Å². The van der Waals surface area contributed by atoms with Gasteiger partial charge in [0.25, 0.3) is 0 Å². The maximum Gasteiger partial charge on any atom is 0.416 e. The van der Waals surface area contributed by atoms with E-state index in [1.165, 1.54) is 7.11 Å². The van der Waals surface area contributed by atoms with Crippen molar-refractivity contribution >= 4 is 21.9 Å². The minimum absolute atomic E-state index is 0.0977. The van der Waals surface area contributed by atoms with E-state index in [2.05, 4.69) is 20.7 Å². The third kappa shape index (κ3) is 5.72. The number of rotatable bonds is 1. The van der Waals surface area contributed by atoms with Crippen molar-refractivity contribution < 1.29 is 22.7 Å². The molecule has 96 valence electrons. The summed E-state index contributed by atoms with van der Waals surface area (Å²) in [6, 6.07) is 3.84. The number of methoxy groups -OCH3 is 1. The lowest BCUT2D eigenvalue weighted by atomic mass is 10.1. The molecule has 0 saturated carbocycles. The maximum absolute atomic E-state index is 12.1. The Morgan fingerprint density at radius 3 is 2.00 bits per heavy atom. The summed E-state index contributed by atoms with van der Waals surface area (Å²) >= 11 is 3.15. The highest BCUT2D eigenvalue weighted by Gasteiger charge is 2.30. The normalized spacial score (nSPS) is 10.2. The third-order valence-corrected chi connectivity index (χ3v) is 1.63. The number of hydrogen-bond acceptors (Lipinski definition) is 2. The number of carbonyl (C=O) groups is 1. The van der Waals surface area contributed by atoms with Crippen molar-refractivity contribution in [3.05, 3.63) is 35.4 Å². The summed E-state index contributed by atoms with van der Waals surface area (Å²) in [6.07, 6.45) is -4.38. The van der Waals surface area contributed by atoms with E-state index in [-0.39, 0.29) is 5.56 Å². The van der Waals surface area contributed by atoms with Gasteiger partial charge in [0.15, 0.2) is 0 Å². The summed E-state index contributed by atoms with van der Waals surface area (Å²) in [5, 5.41) is 1.06. The second kappa shape index (κ2) is 7.32. The second-order valence-electron chi connectivity index (χ2n) is 2.83. The van der Waals surface area contributed by atoms with Gasteiger partial charge in [-0.25, -0.2) is 4.79 Å². The van der Waals surface area contributed by atoms with Gasteiger partial charge in [-0.1, -0.05) is 22.9 Å². The quantitative estimate of drug-likeness (QED) is 0.581. The molecule has 0 saturated heterocycles. The Labute approximate surface area is 106 Å².